The minimum Gasteiger partial charge on any atom is -0.507 e. The Morgan fingerprint density at radius 2 is 2.06 bits per heavy atom. The van der Waals surface area contributed by atoms with Crippen LogP contribution in [0.25, 0.3) is 5.76 Å². The normalized spacial score (nSPS) is 20.9. The second-order valence-electron chi connectivity index (χ2n) is 8.48. The van der Waals surface area contributed by atoms with Crippen LogP contribution in [0.2, 0.25) is 0 Å². The maximum absolute atomic E-state index is 13.1. The second-order valence-corrected chi connectivity index (χ2v) is 8.48. The molecule has 2 aliphatic rings. The number of carbonyl (C=O) groups excluding carboxylic acids is 2. The molecule has 174 valence electrons. The molecule has 8 heteroatoms. The fourth-order valence-electron chi connectivity index (χ4n) is 4.63. The summed E-state index contributed by atoms with van der Waals surface area (Å²) in [6, 6.07) is 8.24. The van der Waals surface area contributed by atoms with E-state index in [1.807, 2.05) is 19.1 Å². The van der Waals surface area contributed by atoms with Gasteiger partial charge in [-0.15, -0.1) is 0 Å². The number of pyridine rings is 1. The standard InChI is InChI=1S/C25H29N3O5/c1-17-15-18(6-7-20(17)32-2)23(29)21-22(19-5-3-8-26-16-19)28(25(31)24(21)30)10-4-9-27-11-13-33-14-12-27/h3,5-8,15-16,22,29H,4,9-14H2,1-2H3/p+2. The highest BCUT2D eigenvalue weighted by Gasteiger charge is 2.46. The molecule has 33 heavy (non-hydrogen) atoms. The van der Waals surface area contributed by atoms with Gasteiger partial charge in [0.25, 0.3) is 11.7 Å². The average molecular weight is 454 g/mol. The third-order valence-corrected chi connectivity index (χ3v) is 6.38. The first kappa shape index (κ1) is 22.9. The van der Waals surface area contributed by atoms with Crippen LogP contribution in [0.5, 0.6) is 5.75 Å². The number of benzene rings is 1. The molecule has 0 aliphatic carbocycles. The molecule has 2 fully saturated rings. The minimum atomic E-state index is -0.659. The van der Waals surface area contributed by atoms with Gasteiger partial charge in [-0.1, -0.05) is 0 Å². The summed E-state index contributed by atoms with van der Waals surface area (Å²) in [7, 11) is 1.58. The van der Waals surface area contributed by atoms with Gasteiger partial charge >= 0.3 is 0 Å². The van der Waals surface area contributed by atoms with E-state index in [0.29, 0.717) is 17.9 Å². The van der Waals surface area contributed by atoms with Crippen LogP contribution >= 0.6 is 0 Å². The molecule has 4 rings (SSSR count). The summed E-state index contributed by atoms with van der Waals surface area (Å²) in [5, 5.41) is 11.2. The van der Waals surface area contributed by atoms with Gasteiger partial charge in [-0.2, -0.15) is 0 Å². The fourth-order valence-corrected chi connectivity index (χ4v) is 4.63. The van der Waals surface area contributed by atoms with Crippen molar-refractivity contribution in [2.75, 3.05) is 46.5 Å². The molecule has 1 amide bonds. The number of aromatic amines is 1. The molecular weight excluding hydrogens is 422 g/mol. The number of rotatable bonds is 7. The number of nitrogens with one attached hydrogen (secondary N) is 2. The maximum atomic E-state index is 13.1. The molecule has 8 nitrogen and oxygen atoms in total. The van der Waals surface area contributed by atoms with Gasteiger partial charge in [-0.05, 0) is 36.8 Å². The van der Waals surface area contributed by atoms with E-state index in [4.69, 9.17) is 9.47 Å². The summed E-state index contributed by atoms with van der Waals surface area (Å²) in [5.41, 5.74) is 2.17. The monoisotopic (exact) mass is 453 g/mol. The maximum Gasteiger partial charge on any atom is 0.295 e. The van der Waals surface area contributed by atoms with Crippen molar-refractivity contribution in [2.45, 2.75) is 19.4 Å². The number of aryl methyl sites for hydroxylation is 1. The highest BCUT2D eigenvalue weighted by molar-refractivity contribution is 6.46. The Hall–Kier alpha value is -3.23. The number of aromatic nitrogens is 1. The Morgan fingerprint density at radius 3 is 2.73 bits per heavy atom. The lowest BCUT2D eigenvalue weighted by atomic mass is 9.95. The number of methoxy groups -OCH3 is 1. The number of ketones is 1. The number of ether oxygens (including phenoxy) is 2. The van der Waals surface area contributed by atoms with E-state index in [1.54, 1.807) is 42.6 Å². The molecule has 0 saturated carbocycles. The molecule has 1 unspecified atom stereocenters. The van der Waals surface area contributed by atoms with Crippen LogP contribution in [0.1, 0.15) is 29.2 Å². The first-order chi connectivity index (χ1) is 16.0. The zero-order chi connectivity index (χ0) is 23.4. The SMILES string of the molecule is COc1ccc(C(O)=C2C(=O)C(=O)N(CCC[NH+]3CCOCC3)C2c2ccc[nH+]c2)cc1C. The van der Waals surface area contributed by atoms with Crippen molar-refractivity contribution in [3.05, 3.63) is 65.0 Å². The summed E-state index contributed by atoms with van der Waals surface area (Å²) in [6.45, 7) is 6.61. The van der Waals surface area contributed by atoms with E-state index >= 15 is 0 Å². The Labute approximate surface area is 193 Å². The number of Topliss-reactive ketones (excluding diaryl/α,β-unsaturated/α-hetero) is 1. The van der Waals surface area contributed by atoms with Gasteiger partial charge in [0.1, 0.15) is 24.6 Å². The van der Waals surface area contributed by atoms with E-state index in [2.05, 4.69) is 4.98 Å². The number of aliphatic hydroxyl groups is 1. The van der Waals surface area contributed by atoms with Crippen molar-refractivity contribution in [2.24, 2.45) is 0 Å². The Bertz CT molecular complexity index is 1050. The van der Waals surface area contributed by atoms with Gasteiger partial charge in [-0.3, -0.25) is 9.59 Å². The number of H-pyrrole nitrogens is 1. The third kappa shape index (κ3) is 4.77. The predicted octanol–water partition coefficient (Wildman–Crippen LogP) is 0.545. The number of amides is 1. The second kappa shape index (κ2) is 10.1. The van der Waals surface area contributed by atoms with Gasteiger partial charge in [0.15, 0.2) is 12.4 Å². The molecule has 1 aromatic heterocycles. The van der Waals surface area contributed by atoms with Crippen LogP contribution in [0.4, 0.5) is 0 Å². The van der Waals surface area contributed by atoms with E-state index < -0.39 is 17.7 Å². The number of morpholine rings is 1. The van der Waals surface area contributed by atoms with Gasteiger partial charge in [0, 0.05) is 30.2 Å². The molecule has 2 saturated heterocycles. The highest BCUT2D eigenvalue weighted by Crippen LogP contribution is 2.39. The molecular formula is C25H31N3O5+2. The lowest BCUT2D eigenvalue weighted by Crippen LogP contribution is -3.14. The lowest BCUT2D eigenvalue weighted by Gasteiger charge is -2.27. The topological polar surface area (TPSA) is 94.7 Å². The number of carbonyl (C=O) groups is 2. The Morgan fingerprint density at radius 1 is 1.27 bits per heavy atom. The highest BCUT2D eigenvalue weighted by atomic mass is 16.5. The van der Waals surface area contributed by atoms with Gasteiger partial charge in [-0.25, -0.2) is 4.98 Å². The summed E-state index contributed by atoms with van der Waals surface area (Å²) >= 11 is 0. The summed E-state index contributed by atoms with van der Waals surface area (Å²) < 4.78 is 10.7. The smallest absolute Gasteiger partial charge is 0.295 e. The summed E-state index contributed by atoms with van der Waals surface area (Å²) in [4.78, 5) is 32.2. The van der Waals surface area contributed by atoms with Crippen molar-refractivity contribution >= 4 is 17.4 Å². The molecule has 3 N–H and O–H groups in total. The van der Waals surface area contributed by atoms with Crippen molar-refractivity contribution in [1.29, 1.82) is 0 Å². The number of aliphatic hydroxyl groups excluding tert-OH is 1. The van der Waals surface area contributed by atoms with Crippen LogP contribution in [-0.4, -0.2) is 68.2 Å². The molecule has 2 aromatic rings. The predicted molar refractivity (Wildman–Crippen MR) is 121 cm³/mol. The van der Waals surface area contributed by atoms with Crippen LogP contribution in [-0.2, 0) is 14.3 Å². The van der Waals surface area contributed by atoms with Crippen LogP contribution in [0.3, 0.4) is 0 Å². The quantitative estimate of drug-likeness (QED) is 0.363. The number of likely N-dealkylation sites (tertiary alicyclic amines) is 1. The van der Waals surface area contributed by atoms with E-state index in [-0.39, 0.29) is 11.3 Å². The number of hydrogen-bond acceptors (Lipinski definition) is 5. The number of quaternary nitrogens is 1. The molecule has 0 radical (unpaired) electrons. The van der Waals surface area contributed by atoms with Crippen molar-refractivity contribution in [1.82, 2.24) is 4.90 Å². The van der Waals surface area contributed by atoms with Crippen molar-refractivity contribution in [3.8, 4) is 5.75 Å². The van der Waals surface area contributed by atoms with Gasteiger partial charge < -0.3 is 24.4 Å². The van der Waals surface area contributed by atoms with Crippen LogP contribution in [0.15, 0.2) is 48.3 Å². The van der Waals surface area contributed by atoms with Gasteiger partial charge in [0.2, 0.25) is 0 Å². The van der Waals surface area contributed by atoms with Crippen molar-refractivity contribution < 1.29 is 34.1 Å². The van der Waals surface area contributed by atoms with E-state index in [1.165, 1.54) is 4.90 Å². The fraction of sp³-hybridized carbons (Fsp3) is 0.400. The van der Waals surface area contributed by atoms with Crippen LogP contribution < -0.4 is 14.6 Å². The first-order valence-corrected chi connectivity index (χ1v) is 11.3. The Kier molecular flexibility index (Phi) is 7.05. The lowest BCUT2D eigenvalue weighted by molar-refractivity contribution is -0.908. The average Bonchev–Trinajstić information content (AvgIpc) is 3.10. The molecule has 0 spiro atoms. The van der Waals surface area contributed by atoms with Crippen LogP contribution in [0, 0.1) is 6.92 Å². The number of nitrogens with zero attached hydrogens (tertiary/aromatic N) is 1. The largest absolute Gasteiger partial charge is 0.507 e. The summed E-state index contributed by atoms with van der Waals surface area (Å²) in [5.74, 6) is -0.720. The zero-order valence-corrected chi connectivity index (χ0v) is 19.1. The zero-order valence-electron chi connectivity index (χ0n) is 19.1. The van der Waals surface area contributed by atoms with E-state index in [9.17, 15) is 14.7 Å². The molecule has 2 aliphatic heterocycles. The van der Waals surface area contributed by atoms with Crippen molar-refractivity contribution in [3.63, 3.8) is 0 Å². The molecule has 1 aromatic carbocycles. The molecule has 3 heterocycles. The van der Waals surface area contributed by atoms with E-state index in [0.717, 1.165) is 50.4 Å². The van der Waals surface area contributed by atoms with Gasteiger partial charge in [0.05, 0.1) is 38.5 Å². The molecule has 0 bridgehead atoms. The Balaban J connectivity index is 1.66. The number of hydrogen-bond donors (Lipinski definition) is 2. The third-order valence-electron chi connectivity index (χ3n) is 6.38. The first-order valence-electron chi connectivity index (χ1n) is 11.3. The summed E-state index contributed by atoms with van der Waals surface area (Å²) in [6.07, 6.45) is 4.30. The molecule has 1 atom stereocenters. The minimum absolute atomic E-state index is 0.114.